The van der Waals surface area contributed by atoms with Gasteiger partial charge in [-0.3, -0.25) is 9.59 Å². The molecule has 0 aliphatic rings. The van der Waals surface area contributed by atoms with Crippen LogP contribution in [0.2, 0.25) is 0 Å². The summed E-state index contributed by atoms with van der Waals surface area (Å²) in [6.07, 6.45) is 4.01. The molecule has 6 heteroatoms. The lowest BCUT2D eigenvalue weighted by Crippen LogP contribution is -2.52. The van der Waals surface area contributed by atoms with E-state index in [4.69, 9.17) is 11.5 Å². The van der Waals surface area contributed by atoms with Crippen molar-refractivity contribution < 1.29 is 14.7 Å². The van der Waals surface area contributed by atoms with Gasteiger partial charge < -0.3 is 21.5 Å². The first-order chi connectivity index (χ1) is 13.7. The second-order valence-electron chi connectivity index (χ2n) is 7.25. The van der Waals surface area contributed by atoms with Crippen LogP contribution in [0.4, 0.5) is 0 Å². The molecule has 2 rings (SSSR count). The average Bonchev–Trinajstić information content (AvgIpc) is 2.67. The molecule has 5 N–H and O–H groups in total. The molecule has 0 spiro atoms. The predicted octanol–water partition coefficient (Wildman–Crippen LogP) is 2.29. The van der Waals surface area contributed by atoms with Gasteiger partial charge in [-0.2, -0.15) is 0 Å². The third-order valence-electron chi connectivity index (χ3n) is 5.00. The zero-order valence-corrected chi connectivity index (χ0v) is 17.1. The van der Waals surface area contributed by atoms with E-state index in [0.29, 0.717) is 6.42 Å². The number of carbonyl (C=O) groups is 2. The largest absolute Gasteiger partial charge is 0.508 e. The maximum Gasteiger partial charge on any atom is 0.240 e. The molecule has 0 aliphatic carbocycles. The molecule has 0 fully saturated rings. The molecule has 0 heterocycles. The molecule has 0 unspecified atom stereocenters. The number of primary amides is 1. The first-order valence-electron chi connectivity index (χ1n) is 9.56. The normalized spacial score (nSPS) is 13.2. The fourth-order valence-electron chi connectivity index (χ4n) is 3.27. The number of rotatable bonds is 8. The molecule has 2 aromatic carbocycles. The summed E-state index contributed by atoms with van der Waals surface area (Å²) in [5, 5.41) is 9.71. The zero-order valence-electron chi connectivity index (χ0n) is 17.1. The number of benzene rings is 2. The molecule has 0 aliphatic heterocycles. The number of phenolic OH excluding ortho intramolecular Hbond substituents is 1. The van der Waals surface area contributed by atoms with Crippen LogP contribution in [0.25, 0.3) is 6.08 Å². The van der Waals surface area contributed by atoms with E-state index in [0.717, 1.165) is 22.3 Å². The fourth-order valence-corrected chi connectivity index (χ4v) is 3.27. The summed E-state index contributed by atoms with van der Waals surface area (Å²) < 4.78 is 0. The number of amides is 2. The van der Waals surface area contributed by atoms with Gasteiger partial charge in [0.1, 0.15) is 11.8 Å². The van der Waals surface area contributed by atoms with Crippen LogP contribution in [0.3, 0.4) is 0 Å². The summed E-state index contributed by atoms with van der Waals surface area (Å²) in [5.74, 6) is -0.754. The molecular weight excluding hydrogens is 366 g/mol. The van der Waals surface area contributed by atoms with Crippen LogP contribution < -0.4 is 11.5 Å². The Balaban J connectivity index is 2.18. The van der Waals surface area contributed by atoms with Gasteiger partial charge in [0.2, 0.25) is 11.8 Å². The van der Waals surface area contributed by atoms with Gasteiger partial charge in [0.15, 0.2) is 0 Å². The Labute approximate surface area is 171 Å². The molecule has 6 nitrogen and oxygen atoms in total. The van der Waals surface area contributed by atoms with Crippen molar-refractivity contribution in [3.8, 4) is 5.75 Å². The van der Waals surface area contributed by atoms with E-state index in [1.807, 2.05) is 56.3 Å². The summed E-state index contributed by atoms with van der Waals surface area (Å²) in [4.78, 5) is 26.2. The Morgan fingerprint density at radius 2 is 1.72 bits per heavy atom. The number of hydrogen-bond donors (Lipinski definition) is 3. The highest BCUT2D eigenvalue weighted by Gasteiger charge is 2.28. The van der Waals surface area contributed by atoms with Crippen LogP contribution in [-0.4, -0.2) is 40.4 Å². The van der Waals surface area contributed by atoms with Gasteiger partial charge in [-0.15, -0.1) is 0 Å². The Morgan fingerprint density at radius 3 is 2.28 bits per heavy atom. The summed E-state index contributed by atoms with van der Waals surface area (Å²) in [7, 11) is 0. The molecule has 0 saturated heterocycles. The van der Waals surface area contributed by atoms with E-state index in [9.17, 15) is 14.7 Å². The minimum Gasteiger partial charge on any atom is -0.508 e. The third-order valence-corrected chi connectivity index (χ3v) is 5.00. The number of hydrogen-bond acceptors (Lipinski definition) is 4. The molecule has 154 valence electrons. The number of aryl methyl sites for hydroxylation is 2. The van der Waals surface area contributed by atoms with Crippen molar-refractivity contribution in [1.82, 2.24) is 4.90 Å². The van der Waals surface area contributed by atoms with Crippen LogP contribution in [0.5, 0.6) is 5.75 Å². The van der Waals surface area contributed by atoms with Crippen molar-refractivity contribution >= 4 is 17.9 Å². The highest BCUT2D eigenvalue weighted by molar-refractivity contribution is 5.89. The summed E-state index contributed by atoms with van der Waals surface area (Å²) in [6.45, 7) is 5.55. The number of phenols is 1. The first kappa shape index (κ1) is 22.2. The van der Waals surface area contributed by atoms with E-state index in [-0.39, 0.29) is 18.2 Å². The van der Waals surface area contributed by atoms with Crippen LogP contribution >= 0.6 is 0 Å². The molecule has 0 radical (unpaired) electrons. The molecule has 2 atom stereocenters. The molecule has 0 aromatic heterocycles. The molecular formula is C23H29N3O3. The minimum atomic E-state index is -0.830. The van der Waals surface area contributed by atoms with Gasteiger partial charge in [0.05, 0.1) is 6.04 Å². The van der Waals surface area contributed by atoms with E-state index >= 15 is 0 Å². The summed E-state index contributed by atoms with van der Waals surface area (Å²) in [5.41, 5.74) is 15.3. The Hall–Kier alpha value is -3.12. The quantitative estimate of drug-likeness (QED) is 0.637. The Bertz CT molecular complexity index is 870. The second-order valence-corrected chi connectivity index (χ2v) is 7.25. The number of nitrogens with zero attached hydrogens (tertiary/aromatic N) is 1. The van der Waals surface area contributed by atoms with E-state index in [1.165, 1.54) is 4.90 Å². The maximum absolute atomic E-state index is 13.0. The zero-order chi connectivity index (χ0) is 21.6. The lowest BCUT2D eigenvalue weighted by Gasteiger charge is -2.29. The second kappa shape index (κ2) is 9.89. The standard InChI is InChI=1S/C23H29N3O3/c1-15-12-19(27)13-16(2)20(15)14-21(24)23(29)26(17(3)22(25)28)11-7-10-18-8-5-4-6-9-18/h4-10,12-13,17,21,27H,11,14,24H2,1-3H3,(H2,25,28)/b10-7-/t17-,21+/m1/s1. The maximum atomic E-state index is 13.0. The number of aromatic hydroxyl groups is 1. The van der Waals surface area contributed by atoms with Crippen molar-refractivity contribution in [1.29, 1.82) is 0 Å². The minimum absolute atomic E-state index is 0.179. The predicted molar refractivity (Wildman–Crippen MR) is 115 cm³/mol. The molecule has 2 amide bonds. The molecule has 29 heavy (non-hydrogen) atoms. The number of carbonyl (C=O) groups excluding carboxylic acids is 2. The van der Waals surface area contributed by atoms with Crippen molar-refractivity contribution in [2.24, 2.45) is 11.5 Å². The van der Waals surface area contributed by atoms with Gasteiger partial charge in [-0.1, -0.05) is 42.5 Å². The molecule has 0 bridgehead atoms. The van der Waals surface area contributed by atoms with Gasteiger partial charge in [0, 0.05) is 6.54 Å². The monoisotopic (exact) mass is 395 g/mol. The van der Waals surface area contributed by atoms with Crippen molar-refractivity contribution in [3.63, 3.8) is 0 Å². The number of nitrogens with two attached hydrogens (primary N) is 2. The third kappa shape index (κ3) is 5.93. The van der Waals surface area contributed by atoms with Gasteiger partial charge >= 0.3 is 0 Å². The van der Waals surface area contributed by atoms with Gasteiger partial charge in [0.25, 0.3) is 0 Å². The van der Waals surface area contributed by atoms with Gasteiger partial charge in [-0.25, -0.2) is 0 Å². The Kier molecular flexibility index (Phi) is 7.56. The van der Waals surface area contributed by atoms with Crippen molar-refractivity contribution in [2.45, 2.75) is 39.3 Å². The summed E-state index contributed by atoms with van der Waals surface area (Å²) >= 11 is 0. The van der Waals surface area contributed by atoms with Crippen LogP contribution in [-0.2, 0) is 16.0 Å². The lowest BCUT2D eigenvalue weighted by atomic mass is 9.95. The van der Waals surface area contributed by atoms with Crippen molar-refractivity contribution in [3.05, 3.63) is 70.8 Å². The van der Waals surface area contributed by atoms with E-state index in [2.05, 4.69) is 0 Å². The van der Waals surface area contributed by atoms with Crippen LogP contribution in [0.1, 0.15) is 29.2 Å². The van der Waals surface area contributed by atoms with E-state index < -0.39 is 18.0 Å². The first-order valence-corrected chi connectivity index (χ1v) is 9.56. The van der Waals surface area contributed by atoms with E-state index in [1.54, 1.807) is 19.1 Å². The highest BCUT2D eigenvalue weighted by atomic mass is 16.3. The van der Waals surface area contributed by atoms with Crippen LogP contribution in [0.15, 0.2) is 48.5 Å². The Morgan fingerprint density at radius 1 is 1.14 bits per heavy atom. The van der Waals surface area contributed by atoms with Crippen LogP contribution in [0, 0.1) is 13.8 Å². The smallest absolute Gasteiger partial charge is 0.240 e. The highest BCUT2D eigenvalue weighted by Crippen LogP contribution is 2.22. The molecule has 0 saturated carbocycles. The van der Waals surface area contributed by atoms with Crippen molar-refractivity contribution in [2.75, 3.05) is 6.54 Å². The SMILES string of the molecule is Cc1cc(O)cc(C)c1C[C@H](N)C(=O)N(C/C=C\c1ccccc1)[C@H](C)C(N)=O. The average molecular weight is 396 g/mol. The molecule has 2 aromatic rings. The fraction of sp³-hybridized carbons (Fsp3) is 0.304. The topological polar surface area (TPSA) is 110 Å². The van der Waals surface area contributed by atoms with Gasteiger partial charge in [-0.05, 0) is 61.6 Å². The summed E-state index contributed by atoms with van der Waals surface area (Å²) in [6, 6.07) is 11.3. The lowest BCUT2D eigenvalue weighted by molar-refractivity contribution is -0.139.